The van der Waals surface area contributed by atoms with Crippen molar-refractivity contribution >= 4 is 23.2 Å². The largest absolute Gasteiger partial charge is 0.492 e. The predicted octanol–water partition coefficient (Wildman–Crippen LogP) is 3.71. The zero-order chi connectivity index (χ0) is 17.7. The van der Waals surface area contributed by atoms with Gasteiger partial charge in [-0.05, 0) is 37.3 Å². The van der Waals surface area contributed by atoms with E-state index in [4.69, 9.17) is 16.3 Å². The minimum atomic E-state index is -0.490. The second-order valence-corrected chi connectivity index (χ2v) is 5.67. The Balaban J connectivity index is 1.98. The lowest BCUT2D eigenvalue weighted by molar-refractivity contribution is -0.385. The minimum absolute atomic E-state index is 0.0633. The third-order valence-electron chi connectivity index (χ3n) is 3.59. The molecule has 126 valence electrons. The third kappa shape index (κ3) is 4.23. The smallest absolute Gasteiger partial charge is 0.273 e. The van der Waals surface area contributed by atoms with Gasteiger partial charge in [-0.15, -0.1) is 0 Å². The van der Waals surface area contributed by atoms with E-state index in [1.807, 2.05) is 0 Å². The number of halogens is 1. The topological polar surface area (TPSA) is 72.7 Å². The van der Waals surface area contributed by atoms with Gasteiger partial charge in [0.15, 0.2) is 0 Å². The van der Waals surface area contributed by atoms with Crippen LogP contribution < -0.4 is 4.74 Å². The second-order valence-electron chi connectivity index (χ2n) is 5.24. The number of nitro benzene ring substituents is 1. The van der Waals surface area contributed by atoms with Gasteiger partial charge in [0.2, 0.25) is 0 Å². The first-order chi connectivity index (χ1) is 11.4. The Labute approximate surface area is 144 Å². The number of hydrogen-bond donors (Lipinski definition) is 0. The molecule has 0 unspecified atom stereocenters. The Morgan fingerprint density at radius 1 is 1.25 bits per heavy atom. The molecule has 24 heavy (non-hydrogen) atoms. The highest BCUT2D eigenvalue weighted by atomic mass is 35.5. The van der Waals surface area contributed by atoms with E-state index in [0.29, 0.717) is 35.1 Å². The zero-order valence-electron chi connectivity index (χ0n) is 13.4. The quantitative estimate of drug-likeness (QED) is 0.589. The van der Waals surface area contributed by atoms with Crippen molar-refractivity contribution in [3.8, 4) is 5.75 Å². The van der Waals surface area contributed by atoms with Crippen molar-refractivity contribution in [3.05, 3.63) is 68.7 Å². The molecule has 1 amide bonds. The van der Waals surface area contributed by atoms with Gasteiger partial charge >= 0.3 is 0 Å². The summed E-state index contributed by atoms with van der Waals surface area (Å²) in [5, 5.41) is 11.6. The lowest BCUT2D eigenvalue weighted by Gasteiger charge is -2.18. The van der Waals surface area contributed by atoms with Crippen LogP contribution in [0.1, 0.15) is 15.9 Å². The van der Waals surface area contributed by atoms with Gasteiger partial charge in [0.05, 0.1) is 11.5 Å². The summed E-state index contributed by atoms with van der Waals surface area (Å²) in [7, 11) is 1.63. The van der Waals surface area contributed by atoms with Crippen molar-refractivity contribution in [2.75, 3.05) is 20.2 Å². The molecule has 0 saturated heterocycles. The summed E-state index contributed by atoms with van der Waals surface area (Å²) in [6.45, 7) is 2.23. The van der Waals surface area contributed by atoms with Crippen LogP contribution >= 0.6 is 11.6 Å². The summed E-state index contributed by atoms with van der Waals surface area (Å²) in [5.41, 5.74) is 0.614. The Morgan fingerprint density at radius 3 is 2.54 bits per heavy atom. The van der Waals surface area contributed by atoms with Crippen LogP contribution in [0.4, 0.5) is 5.69 Å². The Hall–Kier alpha value is -2.60. The molecule has 0 spiro atoms. The van der Waals surface area contributed by atoms with Crippen molar-refractivity contribution in [3.63, 3.8) is 0 Å². The van der Waals surface area contributed by atoms with Gasteiger partial charge in [-0.1, -0.05) is 17.7 Å². The summed E-state index contributed by atoms with van der Waals surface area (Å²) in [4.78, 5) is 24.4. The maximum atomic E-state index is 12.5. The van der Waals surface area contributed by atoms with E-state index in [2.05, 4.69) is 0 Å². The van der Waals surface area contributed by atoms with Crippen LogP contribution in [0, 0.1) is 17.0 Å². The molecule has 0 radical (unpaired) electrons. The molecule has 0 fully saturated rings. The van der Waals surface area contributed by atoms with E-state index in [-0.39, 0.29) is 11.6 Å². The molecule has 0 saturated carbocycles. The summed E-state index contributed by atoms with van der Waals surface area (Å²) < 4.78 is 5.55. The van der Waals surface area contributed by atoms with Crippen LogP contribution in [0.5, 0.6) is 5.75 Å². The molecule has 6 nitrogen and oxygen atoms in total. The van der Waals surface area contributed by atoms with Crippen molar-refractivity contribution in [1.29, 1.82) is 0 Å². The van der Waals surface area contributed by atoms with Crippen molar-refractivity contribution < 1.29 is 14.5 Å². The molecule has 7 heteroatoms. The van der Waals surface area contributed by atoms with E-state index in [0.717, 1.165) is 0 Å². The Kier molecular flexibility index (Phi) is 5.76. The van der Waals surface area contributed by atoms with Crippen molar-refractivity contribution in [2.45, 2.75) is 6.92 Å². The number of hydrogen-bond acceptors (Lipinski definition) is 4. The molecule has 0 aliphatic rings. The molecule has 0 bridgehead atoms. The first-order valence-corrected chi connectivity index (χ1v) is 7.66. The fourth-order valence-electron chi connectivity index (χ4n) is 2.19. The number of nitrogens with zero attached hydrogens (tertiary/aromatic N) is 2. The van der Waals surface area contributed by atoms with E-state index < -0.39 is 4.92 Å². The van der Waals surface area contributed by atoms with Crippen molar-refractivity contribution in [1.82, 2.24) is 4.90 Å². The number of benzene rings is 2. The van der Waals surface area contributed by atoms with Crippen LogP contribution in [-0.2, 0) is 0 Å². The molecule has 0 aromatic heterocycles. The fourth-order valence-corrected chi connectivity index (χ4v) is 2.32. The molecule has 2 aromatic rings. The molecule has 2 rings (SSSR count). The van der Waals surface area contributed by atoms with Gasteiger partial charge in [0.1, 0.15) is 12.4 Å². The van der Waals surface area contributed by atoms with Gasteiger partial charge in [-0.3, -0.25) is 14.9 Å². The van der Waals surface area contributed by atoms with E-state index in [1.54, 1.807) is 44.3 Å². The number of carbonyl (C=O) groups excluding carboxylic acids is 1. The van der Waals surface area contributed by atoms with E-state index in [1.165, 1.54) is 17.0 Å². The van der Waals surface area contributed by atoms with Gasteiger partial charge < -0.3 is 9.64 Å². The molecular formula is C17H17ClN2O4. The fraction of sp³-hybridized carbons (Fsp3) is 0.235. The van der Waals surface area contributed by atoms with Gasteiger partial charge in [-0.2, -0.15) is 0 Å². The van der Waals surface area contributed by atoms with Crippen LogP contribution in [0.15, 0.2) is 42.5 Å². The van der Waals surface area contributed by atoms with E-state index in [9.17, 15) is 14.9 Å². The maximum absolute atomic E-state index is 12.5. The van der Waals surface area contributed by atoms with Gasteiger partial charge in [-0.25, -0.2) is 0 Å². The van der Waals surface area contributed by atoms with Crippen LogP contribution in [0.25, 0.3) is 0 Å². The number of likely N-dealkylation sites (N-methyl/N-ethyl adjacent to an activating group) is 1. The highest BCUT2D eigenvalue weighted by molar-refractivity contribution is 6.30. The Morgan fingerprint density at radius 2 is 1.92 bits per heavy atom. The van der Waals surface area contributed by atoms with Crippen LogP contribution in [0.3, 0.4) is 0 Å². The first-order valence-electron chi connectivity index (χ1n) is 7.28. The molecule has 0 aliphatic heterocycles. The number of amides is 1. The lowest BCUT2D eigenvalue weighted by Crippen LogP contribution is -2.31. The van der Waals surface area contributed by atoms with Crippen LogP contribution in [0.2, 0.25) is 5.02 Å². The summed E-state index contributed by atoms with van der Waals surface area (Å²) in [6, 6.07) is 11.4. The van der Waals surface area contributed by atoms with E-state index >= 15 is 0 Å². The highest BCUT2D eigenvalue weighted by Gasteiger charge is 2.20. The Bertz CT molecular complexity index is 747. The van der Waals surface area contributed by atoms with Gasteiger partial charge in [0.25, 0.3) is 11.6 Å². The van der Waals surface area contributed by atoms with Crippen molar-refractivity contribution in [2.24, 2.45) is 0 Å². The second kappa shape index (κ2) is 7.79. The summed E-state index contributed by atoms with van der Waals surface area (Å²) >= 11 is 5.80. The molecule has 2 aromatic carbocycles. The standard InChI is InChI=1S/C17H17ClN2O4/c1-12-15(4-3-5-16(12)20(22)23)17(21)19(2)10-11-24-14-8-6-13(18)7-9-14/h3-9H,10-11H2,1-2H3. The lowest BCUT2D eigenvalue weighted by atomic mass is 10.1. The van der Waals surface area contributed by atoms with Crippen LogP contribution in [-0.4, -0.2) is 35.9 Å². The number of rotatable bonds is 6. The first kappa shape index (κ1) is 17.7. The minimum Gasteiger partial charge on any atom is -0.492 e. The third-order valence-corrected chi connectivity index (χ3v) is 3.84. The monoisotopic (exact) mass is 348 g/mol. The normalized spacial score (nSPS) is 10.3. The molecule has 0 heterocycles. The maximum Gasteiger partial charge on any atom is 0.273 e. The molecule has 0 atom stereocenters. The van der Waals surface area contributed by atoms with Gasteiger partial charge in [0, 0.05) is 29.3 Å². The molecule has 0 N–H and O–H groups in total. The zero-order valence-corrected chi connectivity index (χ0v) is 14.1. The molecular weight excluding hydrogens is 332 g/mol. The number of carbonyl (C=O) groups is 1. The SMILES string of the molecule is Cc1c(C(=O)N(C)CCOc2ccc(Cl)cc2)cccc1[N+](=O)[O-]. The number of nitro groups is 1. The molecule has 0 aliphatic carbocycles. The number of ether oxygens (including phenoxy) is 1. The summed E-state index contributed by atoms with van der Waals surface area (Å²) in [6.07, 6.45) is 0. The highest BCUT2D eigenvalue weighted by Crippen LogP contribution is 2.22. The predicted molar refractivity (Wildman–Crippen MR) is 91.7 cm³/mol. The average molecular weight is 349 g/mol. The summed E-state index contributed by atoms with van der Waals surface area (Å²) in [5.74, 6) is 0.377. The average Bonchev–Trinajstić information content (AvgIpc) is 2.56.